The lowest BCUT2D eigenvalue weighted by molar-refractivity contribution is 0.0703. The molecule has 0 atom stereocenters. The molecule has 0 saturated heterocycles. The Bertz CT molecular complexity index is 684. The highest BCUT2D eigenvalue weighted by atomic mass is 32.2. The van der Waals surface area contributed by atoms with Crippen molar-refractivity contribution >= 4 is 44.4 Å². The van der Waals surface area contributed by atoms with Crippen molar-refractivity contribution in [1.82, 2.24) is 0 Å². The first-order valence-corrected chi connectivity index (χ1v) is 7.98. The molecule has 0 spiro atoms. The minimum atomic E-state index is -3.71. The van der Waals surface area contributed by atoms with Crippen molar-refractivity contribution in [3.63, 3.8) is 0 Å². The standard InChI is InChI=1S/C10H9NO4S3/c1-6-2-3-8(17-6)18(14,15)11-7-4-5-16-9(7)10(12)13/h2-5,11H,1H3,(H,12,13). The molecule has 96 valence electrons. The predicted octanol–water partition coefficient (Wildman–Crippen LogP) is 2.62. The van der Waals surface area contributed by atoms with Crippen LogP contribution in [-0.2, 0) is 10.0 Å². The molecule has 0 aliphatic carbocycles. The molecule has 2 N–H and O–H groups in total. The molecular weight excluding hydrogens is 294 g/mol. The fourth-order valence-electron chi connectivity index (χ4n) is 1.31. The third-order valence-electron chi connectivity index (χ3n) is 2.08. The maximum absolute atomic E-state index is 12.0. The molecule has 18 heavy (non-hydrogen) atoms. The minimum Gasteiger partial charge on any atom is -0.477 e. The van der Waals surface area contributed by atoms with Gasteiger partial charge >= 0.3 is 5.97 Å². The van der Waals surface area contributed by atoms with Gasteiger partial charge in [-0.1, -0.05) is 0 Å². The maximum Gasteiger partial charge on any atom is 0.348 e. The number of anilines is 1. The van der Waals surface area contributed by atoms with E-state index in [1.165, 1.54) is 17.5 Å². The smallest absolute Gasteiger partial charge is 0.348 e. The molecule has 0 aliphatic heterocycles. The van der Waals surface area contributed by atoms with Crippen molar-refractivity contribution in [2.45, 2.75) is 11.1 Å². The molecule has 0 radical (unpaired) electrons. The zero-order valence-corrected chi connectivity index (χ0v) is 11.7. The second-order valence-corrected chi connectivity index (χ2v) is 7.55. The highest BCUT2D eigenvalue weighted by molar-refractivity contribution is 7.94. The van der Waals surface area contributed by atoms with E-state index in [-0.39, 0.29) is 14.8 Å². The molecule has 0 aromatic carbocycles. The summed E-state index contributed by atoms with van der Waals surface area (Å²) in [7, 11) is -3.71. The molecule has 5 nitrogen and oxygen atoms in total. The van der Waals surface area contributed by atoms with E-state index in [0.29, 0.717) is 0 Å². The summed E-state index contributed by atoms with van der Waals surface area (Å²) in [5.41, 5.74) is 0.0959. The van der Waals surface area contributed by atoms with Gasteiger partial charge in [0, 0.05) is 4.88 Å². The van der Waals surface area contributed by atoms with Crippen molar-refractivity contribution in [2.24, 2.45) is 0 Å². The summed E-state index contributed by atoms with van der Waals surface area (Å²) in [5, 5.41) is 10.4. The number of carbonyl (C=O) groups is 1. The summed E-state index contributed by atoms with van der Waals surface area (Å²) in [4.78, 5) is 11.7. The molecule has 0 amide bonds. The van der Waals surface area contributed by atoms with E-state index in [2.05, 4.69) is 4.72 Å². The third kappa shape index (κ3) is 2.55. The molecule has 8 heteroatoms. The first-order chi connectivity index (χ1) is 8.40. The van der Waals surface area contributed by atoms with Crippen LogP contribution in [0.3, 0.4) is 0 Å². The van der Waals surface area contributed by atoms with Gasteiger partial charge in [-0.2, -0.15) is 0 Å². The number of thiophene rings is 2. The first-order valence-electron chi connectivity index (χ1n) is 4.80. The van der Waals surface area contributed by atoms with E-state index in [0.717, 1.165) is 27.6 Å². The van der Waals surface area contributed by atoms with Crippen LogP contribution in [0.4, 0.5) is 5.69 Å². The molecule has 0 bridgehead atoms. The fourth-order valence-corrected chi connectivity index (χ4v) is 4.41. The number of hydrogen-bond acceptors (Lipinski definition) is 5. The number of carboxylic acids is 1. The quantitative estimate of drug-likeness (QED) is 0.909. The molecule has 2 rings (SSSR count). The van der Waals surface area contributed by atoms with Gasteiger partial charge in [-0.15, -0.1) is 22.7 Å². The van der Waals surface area contributed by atoms with Gasteiger partial charge in [0.05, 0.1) is 5.69 Å². The molecule has 2 aromatic heterocycles. The van der Waals surface area contributed by atoms with E-state index >= 15 is 0 Å². The summed E-state index contributed by atoms with van der Waals surface area (Å²) < 4.78 is 26.5. The van der Waals surface area contributed by atoms with E-state index in [1.807, 2.05) is 0 Å². The Balaban J connectivity index is 2.34. The van der Waals surface area contributed by atoms with Crippen LogP contribution in [0, 0.1) is 6.92 Å². The highest BCUT2D eigenvalue weighted by Gasteiger charge is 2.20. The van der Waals surface area contributed by atoms with Crippen LogP contribution in [0.25, 0.3) is 0 Å². The lowest BCUT2D eigenvalue weighted by atomic mass is 10.4. The Hall–Kier alpha value is -1.38. The van der Waals surface area contributed by atoms with Gasteiger partial charge in [-0.25, -0.2) is 13.2 Å². The van der Waals surface area contributed by atoms with E-state index in [9.17, 15) is 13.2 Å². The zero-order chi connectivity index (χ0) is 13.3. The van der Waals surface area contributed by atoms with Gasteiger partial charge < -0.3 is 5.11 Å². The largest absolute Gasteiger partial charge is 0.477 e. The van der Waals surface area contributed by atoms with Gasteiger partial charge in [-0.3, -0.25) is 4.72 Å². The molecule has 0 saturated carbocycles. The van der Waals surface area contributed by atoms with Crippen molar-refractivity contribution in [3.8, 4) is 0 Å². The third-order valence-corrected chi connectivity index (χ3v) is 5.84. The summed E-state index contributed by atoms with van der Waals surface area (Å²) in [6.07, 6.45) is 0. The summed E-state index contributed by atoms with van der Waals surface area (Å²) in [6, 6.07) is 4.63. The summed E-state index contributed by atoms with van der Waals surface area (Å²) in [6.45, 7) is 1.80. The summed E-state index contributed by atoms with van der Waals surface area (Å²) >= 11 is 2.11. The number of aryl methyl sites for hydroxylation is 1. The molecule has 0 aliphatic rings. The highest BCUT2D eigenvalue weighted by Crippen LogP contribution is 2.27. The van der Waals surface area contributed by atoms with Crippen molar-refractivity contribution in [3.05, 3.63) is 33.3 Å². The molecule has 0 fully saturated rings. The topological polar surface area (TPSA) is 83.5 Å². The number of carboxylic acid groups (broad SMARTS) is 1. The molecule has 2 aromatic rings. The first kappa shape index (κ1) is 13.1. The van der Waals surface area contributed by atoms with Gasteiger partial charge in [0.2, 0.25) is 0 Å². The van der Waals surface area contributed by atoms with Crippen LogP contribution < -0.4 is 4.72 Å². The minimum absolute atomic E-state index is 0.0214. The lowest BCUT2D eigenvalue weighted by Gasteiger charge is -2.04. The van der Waals surface area contributed by atoms with Gasteiger partial charge in [0.1, 0.15) is 9.09 Å². The average Bonchev–Trinajstić information content (AvgIpc) is 2.86. The number of sulfonamides is 1. The van der Waals surface area contributed by atoms with Crippen molar-refractivity contribution in [2.75, 3.05) is 4.72 Å². The van der Waals surface area contributed by atoms with E-state index in [4.69, 9.17) is 5.11 Å². The van der Waals surface area contributed by atoms with Gasteiger partial charge in [0.15, 0.2) is 0 Å². The van der Waals surface area contributed by atoms with Crippen LogP contribution >= 0.6 is 22.7 Å². The number of rotatable bonds is 4. The van der Waals surface area contributed by atoms with Gasteiger partial charge in [-0.05, 0) is 30.5 Å². The van der Waals surface area contributed by atoms with Crippen LogP contribution in [-0.4, -0.2) is 19.5 Å². The van der Waals surface area contributed by atoms with Crippen LogP contribution in [0.15, 0.2) is 27.8 Å². The Morgan fingerprint density at radius 2 is 2.06 bits per heavy atom. The Morgan fingerprint density at radius 1 is 1.33 bits per heavy atom. The van der Waals surface area contributed by atoms with Gasteiger partial charge in [0.25, 0.3) is 10.0 Å². The fraction of sp³-hybridized carbons (Fsp3) is 0.100. The summed E-state index contributed by atoms with van der Waals surface area (Å²) in [5.74, 6) is -1.15. The number of hydrogen-bond donors (Lipinski definition) is 2. The molecule has 0 unspecified atom stereocenters. The number of nitrogens with one attached hydrogen (secondary N) is 1. The van der Waals surface area contributed by atoms with Crippen molar-refractivity contribution < 1.29 is 18.3 Å². The van der Waals surface area contributed by atoms with Crippen LogP contribution in [0.5, 0.6) is 0 Å². The molecule has 2 heterocycles. The second-order valence-electron chi connectivity index (χ2n) is 3.44. The second kappa shape index (κ2) is 4.71. The molecular formula is C10H9NO4S3. The van der Waals surface area contributed by atoms with E-state index < -0.39 is 16.0 Å². The SMILES string of the molecule is Cc1ccc(S(=O)(=O)Nc2ccsc2C(=O)O)s1. The van der Waals surface area contributed by atoms with Crippen LogP contribution in [0.1, 0.15) is 14.5 Å². The lowest BCUT2D eigenvalue weighted by Crippen LogP contribution is -2.13. The Morgan fingerprint density at radius 3 is 2.61 bits per heavy atom. The zero-order valence-electron chi connectivity index (χ0n) is 9.21. The Kier molecular flexibility index (Phi) is 3.42. The maximum atomic E-state index is 12.0. The van der Waals surface area contributed by atoms with Crippen molar-refractivity contribution in [1.29, 1.82) is 0 Å². The van der Waals surface area contributed by atoms with Crippen LogP contribution in [0.2, 0.25) is 0 Å². The van der Waals surface area contributed by atoms with E-state index in [1.54, 1.807) is 13.0 Å². The normalized spacial score (nSPS) is 11.4. The average molecular weight is 303 g/mol. The Labute approximate surface area is 112 Å². The number of aromatic carboxylic acids is 1. The predicted molar refractivity (Wildman–Crippen MR) is 71.1 cm³/mol. The monoisotopic (exact) mass is 303 g/mol.